The van der Waals surface area contributed by atoms with Crippen LogP contribution in [0, 0.1) is 0 Å². The molecule has 4 heteroatoms. The Balaban J connectivity index is 1.70. The molecule has 3 aromatic rings. The highest BCUT2D eigenvalue weighted by atomic mass is 16.1. The summed E-state index contributed by atoms with van der Waals surface area (Å²) in [6.45, 7) is 1.55. The quantitative estimate of drug-likeness (QED) is 0.781. The average Bonchev–Trinajstić information content (AvgIpc) is 2.97. The molecule has 23 heavy (non-hydrogen) atoms. The van der Waals surface area contributed by atoms with Gasteiger partial charge in [0.2, 0.25) is 5.91 Å². The molecule has 3 N–H and O–H groups in total. The van der Waals surface area contributed by atoms with Gasteiger partial charge in [-0.15, -0.1) is 0 Å². The second kappa shape index (κ2) is 5.56. The number of rotatable bonds is 3. The molecule has 1 atom stereocenters. The van der Waals surface area contributed by atoms with Gasteiger partial charge in [-0.2, -0.15) is 0 Å². The van der Waals surface area contributed by atoms with Crippen LogP contribution in [0.3, 0.4) is 0 Å². The number of fused-ring (bicyclic) bond motifs is 2. The van der Waals surface area contributed by atoms with E-state index in [0.717, 1.165) is 24.0 Å². The minimum atomic E-state index is -0.353. The molecule has 1 unspecified atom stereocenters. The van der Waals surface area contributed by atoms with Gasteiger partial charge >= 0.3 is 0 Å². The molecule has 1 amide bonds. The molecule has 1 aromatic heterocycles. The highest BCUT2D eigenvalue weighted by Gasteiger charge is 2.31. The van der Waals surface area contributed by atoms with Crippen LogP contribution in [0.15, 0.2) is 54.7 Å². The molecular formula is C19H19N3O. The highest BCUT2D eigenvalue weighted by Crippen LogP contribution is 2.31. The third-order valence-electron chi connectivity index (χ3n) is 4.70. The lowest BCUT2D eigenvalue weighted by Crippen LogP contribution is -2.42. The van der Waals surface area contributed by atoms with Crippen LogP contribution in [0.2, 0.25) is 0 Å². The number of aromatic nitrogens is 1. The number of hydrogen-bond donors (Lipinski definition) is 2. The monoisotopic (exact) mass is 305 g/mol. The summed E-state index contributed by atoms with van der Waals surface area (Å²) in [7, 11) is 0. The van der Waals surface area contributed by atoms with E-state index in [1.807, 2.05) is 36.5 Å². The van der Waals surface area contributed by atoms with Crippen LogP contribution in [-0.2, 0) is 17.8 Å². The molecule has 0 radical (unpaired) electrons. The first-order chi connectivity index (χ1) is 11.2. The van der Waals surface area contributed by atoms with Crippen molar-refractivity contribution in [3.63, 3.8) is 0 Å². The Bertz CT molecular complexity index is 868. The lowest BCUT2D eigenvalue weighted by atomic mass is 9.92. The Morgan fingerprint density at radius 3 is 2.83 bits per heavy atom. The van der Waals surface area contributed by atoms with Crippen LogP contribution in [0.1, 0.15) is 22.7 Å². The van der Waals surface area contributed by atoms with Crippen molar-refractivity contribution in [2.75, 3.05) is 6.54 Å². The Kier molecular flexibility index (Phi) is 3.39. The molecule has 4 nitrogen and oxygen atoms in total. The minimum Gasteiger partial charge on any atom is -0.368 e. The van der Waals surface area contributed by atoms with Gasteiger partial charge in [0.15, 0.2) is 0 Å². The van der Waals surface area contributed by atoms with E-state index in [4.69, 9.17) is 5.73 Å². The van der Waals surface area contributed by atoms with Gasteiger partial charge in [0.25, 0.3) is 0 Å². The topological polar surface area (TPSA) is 62.1 Å². The summed E-state index contributed by atoms with van der Waals surface area (Å²) in [5, 5.41) is 1.20. The van der Waals surface area contributed by atoms with Gasteiger partial charge in [-0.1, -0.05) is 42.5 Å². The van der Waals surface area contributed by atoms with Gasteiger partial charge < -0.3 is 10.7 Å². The second-order valence-corrected chi connectivity index (χ2v) is 6.08. The van der Waals surface area contributed by atoms with Crippen molar-refractivity contribution in [2.45, 2.75) is 19.0 Å². The summed E-state index contributed by atoms with van der Waals surface area (Å²) in [5.74, 6) is -0.281. The predicted molar refractivity (Wildman–Crippen MR) is 90.8 cm³/mol. The normalized spacial score (nSPS) is 18.0. The third kappa shape index (κ3) is 2.41. The Labute approximate surface area is 134 Å². The van der Waals surface area contributed by atoms with Gasteiger partial charge in [-0.3, -0.25) is 9.69 Å². The van der Waals surface area contributed by atoms with E-state index in [0.29, 0.717) is 6.54 Å². The van der Waals surface area contributed by atoms with Gasteiger partial charge in [-0.05, 0) is 29.2 Å². The van der Waals surface area contributed by atoms with Crippen LogP contribution < -0.4 is 5.73 Å². The molecule has 2 aromatic carbocycles. The van der Waals surface area contributed by atoms with E-state index in [1.54, 1.807) is 0 Å². The van der Waals surface area contributed by atoms with E-state index < -0.39 is 0 Å². The van der Waals surface area contributed by atoms with Gasteiger partial charge in [-0.25, -0.2) is 0 Å². The number of nitrogens with one attached hydrogen (secondary N) is 1. The Morgan fingerprint density at radius 1 is 1.17 bits per heavy atom. The highest BCUT2D eigenvalue weighted by molar-refractivity contribution is 5.84. The molecule has 4 rings (SSSR count). The average molecular weight is 305 g/mol. The molecule has 0 saturated carbocycles. The number of aromatic amines is 1. The molecule has 0 aliphatic carbocycles. The number of benzene rings is 2. The maximum absolute atomic E-state index is 12.1. The maximum atomic E-state index is 12.1. The molecule has 2 heterocycles. The molecule has 0 fully saturated rings. The number of carbonyl (C=O) groups excluding carboxylic acids is 1. The number of amides is 1. The number of nitrogens with two attached hydrogens (primary N) is 1. The van der Waals surface area contributed by atoms with Crippen LogP contribution >= 0.6 is 0 Å². The number of hydrogen-bond acceptors (Lipinski definition) is 2. The van der Waals surface area contributed by atoms with Crippen molar-refractivity contribution in [3.05, 3.63) is 71.4 Å². The molecule has 0 saturated heterocycles. The molecule has 1 aliphatic heterocycles. The van der Waals surface area contributed by atoms with Crippen molar-refractivity contribution in [2.24, 2.45) is 5.73 Å². The minimum absolute atomic E-state index is 0.281. The number of para-hydroxylation sites is 1. The SMILES string of the molecule is NC(=O)C1c2ccccc2CCN1Cc1c[nH]c2ccccc12. The number of H-pyrrole nitrogens is 1. The molecular weight excluding hydrogens is 286 g/mol. The molecule has 116 valence electrons. The second-order valence-electron chi connectivity index (χ2n) is 6.08. The van der Waals surface area contributed by atoms with Gasteiger partial charge in [0.1, 0.15) is 6.04 Å². The number of carbonyl (C=O) groups is 1. The molecule has 0 spiro atoms. The predicted octanol–water partition coefficient (Wildman–Crippen LogP) is 2.75. The summed E-state index contributed by atoms with van der Waals surface area (Å²) in [4.78, 5) is 17.6. The van der Waals surface area contributed by atoms with E-state index >= 15 is 0 Å². The summed E-state index contributed by atoms with van der Waals surface area (Å²) in [6, 6.07) is 16.0. The van der Waals surface area contributed by atoms with Crippen LogP contribution in [0.5, 0.6) is 0 Å². The smallest absolute Gasteiger partial charge is 0.239 e. The standard InChI is InChI=1S/C19H19N3O/c20-19(23)18-16-7-2-1-5-13(16)9-10-22(18)12-14-11-21-17-8-4-3-6-15(14)17/h1-8,11,18,21H,9-10,12H2,(H2,20,23). The number of primary amides is 1. The first kappa shape index (κ1) is 14.0. The van der Waals surface area contributed by atoms with E-state index in [9.17, 15) is 4.79 Å². The largest absolute Gasteiger partial charge is 0.368 e. The summed E-state index contributed by atoms with van der Waals surface area (Å²) < 4.78 is 0. The van der Waals surface area contributed by atoms with Crippen molar-refractivity contribution in [1.82, 2.24) is 9.88 Å². The van der Waals surface area contributed by atoms with Crippen molar-refractivity contribution in [3.8, 4) is 0 Å². The first-order valence-corrected chi connectivity index (χ1v) is 7.90. The van der Waals surface area contributed by atoms with Crippen molar-refractivity contribution in [1.29, 1.82) is 0 Å². The zero-order valence-corrected chi connectivity index (χ0v) is 12.8. The fraction of sp³-hybridized carbons (Fsp3) is 0.211. The van der Waals surface area contributed by atoms with Crippen LogP contribution in [0.25, 0.3) is 10.9 Å². The van der Waals surface area contributed by atoms with Crippen molar-refractivity contribution >= 4 is 16.8 Å². The fourth-order valence-electron chi connectivity index (χ4n) is 3.60. The zero-order valence-electron chi connectivity index (χ0n) is 12.8. The van der Waals surface area contributed by atoms with E-state index in [1.165, 1.54) is 16.5 Å². The Morgan fingerprint density at radius 2 is 1.96 bits per heavy atom. The van der Waals surface area contributed by atoms with Gasteiger partial charge in [0, 0.05) is 30.2 Å². The van der Waals surface area contributed by atoms with Gasteiger partial charge in [0.05, 0.1) is 0 Å². The third-order valence-corrected chi connectivity index (χ3v) is 4.70. The maximum Gasteiger partial charge on any atom is 0.239 e. The van der Waals surface area contributed by atoms with Crippen molar-refractivity contribution < 1.29 is 4.79 Å². The fourth-order valence-corrected chi connectivity index (χ4v) is 3.60. The molecule has 0 bridgehead atoms. The van der Waals surface area contributed by atoms with Crippen LogP contribution in [-0.4, -0.2) is 22.3 Å². The van der Waals surface area contributed by atoms with E-state index in [-0.39, 0.29) is 11.9 Å². The van der Waals surface area contributed by atoms with E-state index in [2.05, 4.69) is 28.1 Å². The summed E-state index contributed by atoms with van der Waals surface area (Å²) in [5.41, 5.74) is 10.3. The summed E-state index contributed by atoms with van der Waals surface area (Å²) >= 11 is 0. The van der Waals surface area contributed by atoms with Crippen LogP contribution in [0.4, 0.5) is 0 Å². The lowest BCUT2D eigenvalue weighted by Gasteiger charge is -2.35. The Hall–Kier alpha value is -2.59. The zero-order chi connectivity index (χ0) is 15.8. The summed E-state index contributed by atoms with van der Waals surface area (Å²) in [6.07, 6.45) is 2.98. The lowest BCUT2D eigenvalue weighted by molar-refractivity contribution is -0.124. The number of nitrogens with zero attached hydrogens (tertiary/aromatic N) is 1. The molecule has 1 aliphatic rings. The first-order valence-electron chi connectivity index (χ1n) is 7.90.